The number of hydrogen-bond acceptors (Lipinski definition) is 4. The molecular formula is C19H18FN3OS. The second-order valence-corrected chi connectivity index (χ2v) is 6.68. The van der Waals surface area contributed by atoms with Crippen LogP contribution in [0.2, 0.25) is 0 Å². The first-order valence-corrected chi connectivity index (χ1v) is 8.88. The van der Waals surface area contributed by atoms with Crippen molar-refractivity contribution < 1.29 is 9.18 Å². The molecule has 3 rings (SSSR count). The summed E-state index contributed by atoms with van der Waals surface area (Å²) in [5.41, 5.74) is 2.58. The first kappa shape index (κ1) is 17.2. The number of aromatic nitrogens is 2. The minimum Gasteiger partial charge on any atom is -0.283 e. The molecule has 128 valence electrons. The molecule has 0 unspecified atom stereocenters. The SMILES string of the molecule is CCCN(C(=O)c1ccc(F)cc1)c1nnc(-c2ccc(C)cc2)s1. The highest BCUT2D eigenvalue weighted by atomic mass is 32.1. The van der Waals surface area contributed by atoms with Crippen LogP contribution in [0.25, 0.3) is 10.6 Å². The molecule has 0 aliphatic carbocycles. The Morgan fingerprint density at radius 3 is 2.40 bits per heavy atom. The molecule has 6 heteroatoms. The third-order valence-electron chi connectivity index (χ3n) is 3.73. The standard InChI is InChI=1S/C19H18FN3OS/c1-3-12-23(18(24)15-8-10-16(20)11-9-15)19-22-21-17(25-19)14-6-4-13(2)5-7-14/h4-11H,3,12H2,1-2H3. The van der Waals surface area contributed by atoms with E-state index in [2.05, 4.69) is 10.2 Å². The number of aryl methyl sites for hydroxylation is 1. The van der Waals surface area contributed by atoms with Gasteiger partial charge in [-0.3, -0.25) is 9.69 Å². The predicted octanol–water partition coefficient (Wildman–Crippen LogP) is 4.71. The van der Waals surface area contributed by atoms with Crippen molar-refractivity contribution in [3.05, 3.63) is 65.5 Å². The van der Waals surface area contributed by atoms with E-state index in [0.717, 1.165) is 17.0 Å². The number of hydrogen-bond donors (Lipinski definition) is 0. The van der Waals surface area contributed by atoms with Crippen molar-refractivity contribution >= 4 is 22.4 Å². The lowest BCUT2D eigenvalue weighted by Gasteiger charge is -2.18. The summed E-state index contributed by atoms with van der Waals surface area (Å²) in [6, 6.07) is 13.6. The Hall–Kier alpha value is -2.60. The van der Waals surface area contributed by atoms with Gasteiger partial charge in [0.25, 0.3) is 5.91 Å². The fraction of sp³-hybridized carbons (Fsp3) is 0.211. The van der Waals surface area contributed by atoms with Crippen molar-refractivity contribution in [2.75, 3.05) is 11.4 Å². The van der Waals surface area contributed by atoms with Crippen LogP contribution in [0.1, 0.15) is 29.3 Å². The van der Waals surface area contributed by atoms with E-state index in [1.54, 1.807) is 4.90 Å². The van der Waals surface area contributed by atoms with Crippen LogP contribution in [-0.2, 0) is 0 Å². The van der Waals surface area contributed by atoms with Crippen molar-refractivity contribution in [3.63, 3.8) is 0 Å². The first-order valence-electron chi connectivity index (χ1n) is 8.06. The molecule has 0 fully saturated rings. The summed E-state index contributed by atoms with van der Waals surface area (Å²) in [5, 5.41) is 9.74. The van der Waals surface area contributed by atoms with Gasteiger partial charge in [-0.25, -0.2) is 4.39 Å². The molecule has 0 spiro atoms. The summed E-state index contributed by atoms with van der Waals surface area (Å²) in [4.78, 5) is 14.4. The summed E-state index contributed by atoms with van der Waals surface area (Å²) >= 11 is 1.37. The summed E-state index contributed by atoms with van der Waals surface area (Å²) in [6.45, 7) is 4.55. The third kappa shape index (κ3) is 3.91. The zero-order chi connectivity index (χ0) is 17.8. The molecule has 1 heterocycles. The molecule has 0 bridgehead atoms. The predicted molar refractivity (Wildman–Crippen MR) is 98.4 cm³/mol. The van der Waals surface area contributed by atoms with Crippen molar-refractivity contribution in [1.29, 1.82) is 0 Å². The summed E-state index contributed by atoms with van der Waals surface area (Å²) in [5.74, 6) is -0.565. The lowest BCUT2D eigenvalue weighted by atomic mass is 10.2. The second kappa shape index (κ2) is 7.53. The van der Waals surface area contributed by atoms with Gasteiger partial charge in [0, 0.05) is 17.7 Å². The molecular weight excluding hydrogens is 337 g/mol. The Balaban J connectivity index is 1.89. The quantitative estimate of drug-likeness (QED) is 0.666. The molecule has 3 aromatic rings. The van der Waals surface area contributed by atoms with Gasteiger partial charge in [-0.15, -0.1) is 10.2 Å². The maximum Gasteiger partial charge on any atom is 0.260 e. The van der Waals surface area contributed by atoms with Crippen molar-refractivity contribution in [3.8, 4) is 10.6 Å². The molecule has 0 N–H and O–H groups in total. The van der Waals surface area contributed by atoms with E-state index in [4.69, 9.17) is 0 Å². The molecule has 2 aromatic carbocycles. The largest absolute Gasteiger partial charge is 0.283 e. The van der Waals surface area contributed by atoms with Crippen LogP contribution in [0.4, 0.5) is 9.52 Å². The number of carbonyl (C=O) groups is 1. The fourth-order valence-electron chi connectivity index (χ4n) is 2.39. The number of nitrogens with zero attached hydrogens (tertiary/aromatic N) is 3. The van der Waals surface area contributed by atoms with Crippen molar-refractivity contribution in [1.82, 2.24) is 10.2 Å². The minimum atomic E-state index is -0.365. The molecule has 0 aliphatic heterocycles. The van der Waals surface area contributed by atoms with Gasteiger partial charge in [0.2, 0.25) is 5.13 Å². The molecule has 0 atom stereocenters. The second-order valence-electron chi connectivity index (χ2n) is 5.72. The molecule has 4 nitrogen and oxygen atoms in total. The maximum atomic E-state index is 13.1. The van der Waals surface area contributed by atoms with Crippen molar-refractivity contribution in [2.45, 2.75) is 20.3 Å². The van der Waals surface area contributed by atoms with Crippen LogP contribution in [0.5, 0.6) is 0 Å². The zero-order valence-electron chi connectivity index (χ0n) is 14.1. The van der Waals surface area contributed by atoms with Gasteiger partial charge in [0.15, 0.2) is 0 Å². The summed E-state index contributed by atoms with van der Waals surface area (Å²) < 4.78 is 13.1. The number of benzene rings is 2. The zero-order valence-corrected chi connectivity index (χ0v) is 14.9. The van der Waals surface area contributed by atoms with Gasteiger partial charge in [0.05, 0.1) is 0 Å². The van der Waals surface area contributed by atoms with Crippen LogP contribution >= 0.6 is 11.3 Å². The topological polar surface area (TPSA) is 46.1 Å². The van der Waals surface area contributed by atoms with E-state index in [0.29, 0.717) is 17.2 Å². The van der Waals surface area contributed by atoms with E-state index in [9.17, 15) is 9.18 Å². The van der Waals surface area contributed by atoms with E-state index in [1.165, 1.54) is 41.2 Å². The van der Waals surface area contributed by atoms with E-state index >= 15 is 0 Å². The van der Waals surface area contributed by atoms with Crippen LogP contribution in [0, 0.1) is 12.7 Å². The molecule has 1 aromatic heterocycles. The Kier molecular flexibility index (Phi) is 5.19. The highest BCUT2D eigenvalue weighted by Gasteiger charge is 2.21. The number of carbonyl (C=O) groups excluding carboxylic acids is 1. The number of halogens is 1. The fourth-order valence-corrected chi connectivity index (χ4v) is 3.27. The highest BCUT2D eigenvalue weighted by molar-refractivity contribution is 7.18. The third-order valence-corrected chi connectivity index (χ3v) is 4.72. The van der Waals surface area contributed by atoms with Gasteiger partial charge in [-0.1, -0.05) is 48.1 Å². The van der Waals surface area contributed by atoms with Gasteiger partial charge in [0.1, 0.15) is 10.8 Å². The van der Waals surface area contributed by atoms with Crippen molar-refractivity contribution in [2.24, 2.45) is 0 Å². The average Bonchev–Trinajstić information content (AvgIpc) is 3.10. The molecule has 0 radical (unpaired) electrons. The molecule has 0 aliphatic rings. The molecule has 1 amide bonds. The maximum absolute atomic E-state index is 13.1. The van der Waals surface area contributed by atoms with E-state index in [1.807, 2.05) is 38.1 Å². The number of rotatable bonds is 5. The van der Waals surface area contributed by atoms with E-state index in [-0.39, 0.29) is 11.7 Å². The first-order chi connectivity index (χ1) is 12.1. The minimum absolute atomic E-state index is 0.201. The Labute approximate surface area is 150 Å². The van der Waals surface area contributed by atoms with Crippen LogP contribution in [0.15, 0.2) is 48.5 Å². The van der Waals surface area contributed by atoms with Gasteiger partial charge in [-0.2, -0.15) is 0 Å². The summed E-state index contributed by atoms with van der Waals surface area (Å²) in [6.07, 6.45) is 0.784. The smallest absolute Gasteiger partial charge is 0.260 e. The molecule has 25 heavy (non-hydrogen) atoms. The highest BCUT2D eigenvalue weighted by Crippen LogP contribution is 2.29. The number of amides is 1. The molecule has 0 saturated heterocycles. The lowest BCUT2D eigenvalue weighted by Crippen LogP contribution is -2.31. The van der Waals surface area contributed by atoms with Gasteiger partial charge in [-0.05, 0) is 37.6 Å². The Morgan fingerprint density at radius 1 is 1.08 bits per heavy atom. The summed E-state index contributed by atoms with van der Waals surface area (Å²) in [7, 11) is 0. The number of anilines is 1. The average molecular weight is 355 g/mol. The van der Waals surface area contributed by atoms with Crippen LogP contribution in [0.3, 0.4) is 0 Å². The Bertz CT molecular complexity index is 859. The van der Waals surface area contributed by atoms with Crippen LogP contribution < -0.4 is 4.90 Å². The van der Waals surface area contributed by atoms with Crippen LogP contribution in [-0.4, -0.2) is 22.6 Å². The van der Waals surface area contributed by atoms with Gasteiger partial charge < -0.3 is 0 Å². The monoisotopic (exact) mass is 355 g/mol. The van der Waals surface area contributed by atoms with Gasteiger partial charge >= 0.3 is 0 Å². The normalized spacial score (nSPS) is 10.7. The lowest BCUT2D eigenvalue weighted by molar-refractivity contribution is 0.0986. The molecule has 0 saturated carbocycles. The Morgan fingerprint density at radius 2 is 1.76 bits per heavy atom. The van der Waals surface area contributed by atoms with E-state index < -0.39 is 0 Å².